The van der Waals surface area contributed by atoms with Crippen LogP contribution in [0.25, 0.3) is 11.3 Å². The number of aromatic amines is 1. The first kappa shape index (κ1) is 18.5. The molecule has 4 nitrogen and oxygen atoms in total. The Morgan fingerprint density at radius 1 is 1.38 bits per heavy atom. The Bertz CT molecular complexity index is 933. The number of aromatic nitrogens is 3. The largest absolute Gasteiger partial charge is 0.310 e. The van der Waals surface area contributed by atoms with Gasteiger partial charge in [-0.05, 0) is 37.1 Å². The van der Waals surface area contributed by atoms with Crippen molar-refractivity contribution >= 4 is 11.6 Å². The van der Waals surface area contributed by atoms with Crippen LogP contribution in [-0.4, -0.2) is 21.1 Å². The summed E-state index contributed by atoms with van der Waals surface area (Å²) in [5, 5.41) is 0.330. The summed E-state index contributed by atoms with van der Waals surface area (Å²) < 4.78 is 14.6. The van der Waals surface area contributed by atoms with Gasteiger partial charge in [-0.15, -0.1) is 0 Å². The Labute approximate surface area is 156 Å². The van der Waals surface area contributed by atoms with Crippen LogP contribution < -0.4 is 5.56 Å². The van der Waals surface area contributed by atoms with E-state index in [-0.39, 0.29) is 5.56 Å². The SMILES string of the molecule is Cc1cc(-c2nc(CC(C)C)[nH]c(=O)c2C2C=CC(Cl)=CC2F)ccn1. The molecule has 0 bridgehead atoms. The Morgan fingerprint density at radius 2 is 2.15 bits per heavy atom. The Balaban J connectivity index is 2.20. The third-order valence-electron chi connectivity index (χ3n) is 4.23. The fourth-order valence-electron chi connectivity index (χ4n) is 3.10. The average Bonchev–Trinajstić information content (AvgIpc) is 2.55. The van der Waals surface area contributed by atoms with E-state index >= 15 is 0 Å². The van der Waals surface area contributed by atoms with Gasteiger partial charge in [0.25, 0.3) is 5.56 Å². The molecule has 0 saturated carbocycles. The van der Waals surface area contributed by atoms with Crippen LogP contribution in [0.5, 0.6) is 0 Å². The van der Waals surface area contributed by atoms with Crippen molar-refractivity contribution in [3.8, 4) is 11.3 Å². The summed E-state index contributed by atoms with van der Waals surface area (Å²) in [5.74, 6) is 0.202. The van der Waals surface area contributed by atoms with Crippen LogP contribution in [0, 0.1) is 12.8 Å². The Morgan fingerprint density at radius 3 is 2.81 bits per heavy atom. The molecule has 2 aromatic heterocycles. The minimum atomic E-state index is -1.38. The van der Waals surface area contributed by atoms with Crippen molar-refractivity contribution < 1.29 is 4.39 Å². The molecule has 3 rings (SSSR count). The van der Waals surface area contributed by atoms with E-state index in [1.807, 2.05) is 13.0 Å². The summed E-state index contributed by atoms with van der Waals surface area (Å²) in [6.45, 7) is 5.98. The summed E-state index contributed by atoms with van der Waals surface area (Å²) in [4.78, 5) is 24.6. The van der Waals surface area contributed by atoms with Crippen LogP contribution in [0.4, 0.5) is 4.39 Å². The highest BCUT2D eigenvalue weighted by molar-refractivity contribution is 6.31. The van der Waals surface area contributed by atoms with Crippen LogP contribution in [0.15, 0.2) is 46.4 Å². The predicted octanol–water partition coefficient (Wildman–Crippen LogP) is 4.45. The van der Waals surface area contributed by atoms with Crippen molar-refractivity contribution in [1.29, 1.82) is 0 Å². The average molecular weight is 374 g/mol. The molecule has 1 aliphatic carbocycles. The van der Waals surface area contributed by atoms with Crippen LogP contribution in [-0.2, 0) is 6.42 Å². The van der Waals surface area contributed by atoms with E-state index in [2.05, 4.69) is 28.8 Å². The lowest BCUT2D eigenvalue weighted by Crippen LogP contribution is -2.26. The number of pyridine rings is 1. The van der Waals surface area contributed by atoms with Crippen LogP contribution >= 0.6 is 11.6 Å². The zero-order valence-electron chi connectivity index (χ0n) is 15.0. The first-order valence-corrected chi connectivity index (χ1v) is 8.98. The fraction of sp³-hybridized carbons (Fsp3) is 0.350. The Hall–Kier alpha value is -2.27. The van der Waals surface area contributed by atoms with Crippen molar-refractivity contribution in [3.05, 3.63) is 69.0 Å². The third kappa shape index (κ3) is 3.93. The molecule has 136 valence electrons. The molecule has 0 spiro atoms. The normalized spacial score (nSPS) is 19.7. The lowest BCUT2D eigenvalue weighted by atomic mass is 9.88. The summed E-state index contributed by atoms with van der Waals surface area (Å²) >= 11 is 5.89. The van der Waals surface area contributed by atoms with Gasteiger partial charge in [0.1, 0.15) is 12.0 Å². The summed E-state index contributed by atoms with van der Waals surface area (Å²) in [6.07, 6.45) is 5.48. The fourth-order valence-corrected chi connectivity index (χ4v) is 3.30. The van der Waals surface area contributed by atoms with E-state index in [9.17, 15) is 9.18 Å². The van der Waals surface area contributed by atoms with E-state index in [1.165, 1.54) is 6.08 Å². The quantitative estimate of drug-likeness (QED) is 0.861. The van der Waals surface area contributed by atoms with E-state index < -0.39 is 12.1 Å². The molecule has 1 N–H and O–H groups in total. The molecular formula is C20H21ClFN3O. The highest BCUT2D eigenvalue weighted by atomic mass is 35.5. The zero-order chi connectivity index (χ0) is 18.8. The second-order valence-electron chi connectivity index (χ2n) is 6.94. The van der Waals surface area contributed by atoms with Gasteiger partial charge in [-0.3, -0.25) is 9.78 Å². The first-order chi connectivity index (χ1) is 12.3. The van der Waals surface area contributed by atoms with Gasteiger partial charge < -0.3 is 4.98 Å². The summed E-state index contributed by atoms with van der Waals surface area (Å²) in [7, 11) is 0. The molecule has 26 heavy (non-hydrogen) atoms. The highest BCUT2D eigenvalue weighted by Gasteiger charge is 2.28. The molecular weight excluding hydrogens is 353 g/mol. The molecule has 2 atom stereocenters. The topological polar surface area (TPSA) is 58.6 Å². The van der Waals surface area contributed by atoms with Gasteiger partial charge >= 0.3 is 0 Å². The molecule has 0 amide bonds. The molecule has 6 heteroatoms. The lowest BCUT2D eigenvalue weighted by Gasteiger charge is -2.21. The van der Waals surface area contributed by atoms with Crippen molar-refractivity contribution in [2.45, 2.75) is 39.3 Å². The maximum Gasteiger partial charge on any atom is 0.255 e. The van der Waals surface area contributed by atoms with Gasteiger partial charge in [-0.2, -0.15) is 0 Å². The highest BCUT2D eigenvalue weighted by Crippen LogP contribution is 2.34. The van der Waals surface area contributed by atoms with Crippen molar-refractivity contribution in [2.24, 2.45) is 5.92 Å². The second-order valence-corrected chi connectivity index (χ2v) is 7.38. The zero-order valence-corrected chi connectivity index (χ0v) is 15.7. The third-order valence-corrected chi connectivity index (χ3v) is 4.49. The van der Waals surface area contributed by atoms with E-state index in [1.54, 1.807) is 24.4 Å². The van der Waals surface area contributed by atoms with Gasteiger partial charge in [-0.1, -0.05) is 31.5 Å². The minimum Gasteiger partial charge on any atom is -0.310 e. The number of aryl methyl sites for hydroxylation is 1. The van der Waals surface area contributed by atoms with E-state index in [4.69, 9.17) is 11.6 Å². The molecule has 0 fully saturated rings. The standard InChI is InChI=1S/C20H21ClFN3O/c1-11(2)8-17-24-19(13-6-7-23-12(3)9-13)18(20(26)25-17)15-5-4-14(21)10-16(15)22/h4-7,9-11,15-16H,8H2,1-3H3,(H,24,25,26). The van der Waals surface area contributed by atoms with Gasteiger partial charge in [0, 0.05) is 34.8 Å². The number of nitrogens with zero attached hydrogens (tertiary/aromatic N) is 2. The number of hydrogen-bond acceptors (Lipinski definition) is 3. The summed E-state index contributed by atoms with van der Waals surface area (Å²) in [6, 6.07) is 3.65. The molecule has 0 saturated heterocycles. The molecule has 1 aliphatic rings. The number of nitrogens with one attached hydrogen (secondary N) is 1. The second kappa shape index (κ2) is 7.54. The Kier molecular flexibility index (Phi) is 5.37. The van der Waals surface area contributed by atoms with Crippen LogP contribution in [0.1, 0.15) is 36.8 Å². The molecule has 2 heterocycles. The number of H-pyrrole nitrogens is 1. The number of alkyl halides is 1. The smallest absolute Gasteiger partial charge is 0.255 e. The lowest BCUT2D eigenvalue weighted by molar-refractivity contribution is 0.366. The molecule has 2 aromatic rings. The van der Waals surface area contributed by atoms with Gasteiger partial charge in [0.15, 0.2) is 0 Å². The van der Waals surface area contributed by atoms with Crippen molar-refractivity contribution in [3.63, 3.8) is 0 Å². The summed E-state index contributed by atoms with van der Waals surface area (Å²) in [5.41, 5.74) is 2.06. The van der Waals surface area contributed by atoms with Gasteiger partial charge in [0.2, 0.25) is 0 Å². The monoisotopic (exact) mass is 373 g/mol. The minimum absolute atomic E-state index is 0.312. The number of rotatable bonds is 4. The number of allylic oxidation sites excluding steroid dienone is 4. The van der Waals surface area contributed by atoms with Crippen molar-refractivity contribution in [2.75, 3.05) is 0 Å². The van der Waals surface area contributed by atoms with Crippen LogP contribution in [0.2, 0.25) is 0 Å². The predicted molar refractivity (Wildman–Crippen MR) is 102 cm³/mol. The maximum absolute atomic E-state index is 14.6. The van der Waals surface area contributed by atoms with Gasteiger partial charge in [-0.25, -0.2) is 9.37 Å². The van der Waals surface area contributed by atoms with E-state index in [0.717, 1.165) is 11.3 Å². The van der Waals surface area contributed by atoms with Gasteiger partial charge in [0.05, 0.1) is 11.3 Å². The molecule has 0 radical (unpaired) electrons. The first-order valence-electron chi connectivity index (χ1n) is 8.61. The maximum atomic E-state index is 14.6. The number of hydrogen-bond donors (Lipinski definition) is 1. The molecule has 2 unspecified atom stereocenters. The van der Waals surface area contributed by atoms with E-state index in [0.29, 0.717) is 34.5 Å². The van der Waals surface area contributed by atoms with Crippen molar-refractivity contribution in [1.82, 2.24) is 15.0 Å². The van der Waals surface area contributed by atoms with Crippen LogP contribution in [0.3, 0.4) is 0 Å². The molecule has 0 aromatic carbocycles. The number of halogens is 2. The molecule has 0 aliphatic heterocycles.